The number of halogens is 1. The fraction of sp³-hybridized carbons (Fsp3) is 0.250. The third-order valence-electron chi connectivity index (χ3n) is 5.35. The molecular weight excluding hydrogens is 466 g/mol. The van der Waals surface area contributed by atoms with E-state index in [1.807, 2.05) is 0 Å². The number of hydrogen-bond acceptors (Lipinski definition) is 8. The van der Waals surface area contributed by atoms with Gasteiger partial charge in [0.25, 0.3) is 0 Å². The number of fused-ring (bicyclic) bond motifs is 1. The number of amides is 1. The summed E-state index contributed by atoms with van der Waals surface area (Å²) in [4.78, 5) is 25.9. The monoisotopic (exact) mass is 487 g/mol. The molecule has 1 aliphatic heterocycles. The maximum absolute atomic E-state index is 13.0. The number of nitrogens with one attached hydrogen (secondary N) is 1. The molecule has 1 aliphatic rings. The lowest BCUT2D eigenvalue weighted by Gasteiger charge is -2.22. The minimum atomic E-state index is -0.970. The SMILES string of the molecule is COc1cc([C@@H](CC(=O)Nc2ccc(Cl)cc2)c2c(O)cc(C)oc2=O)c(OC)c2c1OCO2. The van der Waals surface area contributed by atoms with Gasteiger partial charge in [0.15, 0.2) is 11.5 Å². The van der Waals surface area contributed by atoms with Crippen LogP contribution in [0.2, 0.25) is 5.02 Å². The van der Waals surface area contributed by atoms with Gasteiger partial charge in [-0.1, -0.05) is 11.6 Å². The predicted molar refractivity (Wildman–Crippen MR) is 124 cm³/mol. The Balaban J connectivity index is 1.83. The van der Waals surface area contributed by atoms with E-state index in [9.17, 15) is 14.7 Å². The Bertz CT molecular complexity index is 1290. The Hall–Kier alpha value is -3.85. The number of benzene rings is 2. The molecule has 2 aromatic carbocycles. The maximum atomic E-state index is 13.0. The van der Waals surface area contributed by atoms with Crippen molar-refractivity contribution in [1.29, 1.82) is 0 Å². The van der Waals surface area contributed by atoms with Crippen molar-refractivity contribution in [2.45, 2.75) is 19.3 Å². The van der Waals surface area contributed by atoms with E-state index in [1.165, 1.54) is 27.2 Å². The summed E-state index contributed by atoms with van der Waals surface area (Å²) in [6, 6.07) is 9.48. The topological polar surface area (TPSA) is 116 Å². The van der Waals surface area contributed by atoms with E-state index in [-0.39, 0.29) is 41.8 Å². The molecule has 1 amide bonds. The molecule has 4 rings (SSSR count). The average Bonchev–Trinajstić information content (AvgIpc) is 3.28. The van der Waals surface area contributed by atoms with Crippen molar-refractivity contribution in [2.24, 2.45) is 0 Å². The summed E-state index contributed by atoms with van der Waals surface area (Å²) in [5, 5.41) is 14.0. The molecule has 10 heteroatoms. The quantitative estimate of drug-likeness (QED) is 0.509. The van der Waals surface area contributed by atoms with Gasteiger partial charge in [0.2, 0.25) is 24.2 Å². The van der Waals surface area contributed by atoms with Gasteiger partial charge in [0.05, 0.1) is 19.8 Å². The van der Waals surface area contributed by atoms with Gasteiger partial charge in [0.1, 0.15) is 11.5 Å². The first-order valence-electron chi connectivity index (χ1n) is 10.3. The van der Waals surface area contributed by atoms with Crippen molar-refractivity contribution in [3.8, 4) is 28.7 Å². The van der Waals surface area contributed by atoms with Gasteiger partial charge in [-0.15, -0.1) is 0 Å². The first-order valence-corrected chi connectivity index (χ1v) is 10.6. The number of ether oxygens (including phenoxy) is 4. The second kappa shape index (κ2) is 9.56. The normalized spacial score (nSPS) is 12.8. The van der Waals surface area contributed by atoms with Gasteiger partial charge < -0.3 is 33.8 Å². The summed E-state index contributed by atoms with van der Waals surface area (Å²) in [5.74, 6) is -0.293. The molecule has 0 radical (unpaired) electrons. The lowest BCUT2D eigenvalue weighted by atomic mass is 9.87. The zero-order valence-electron chi connectivity index (χ0n) is 18.6. The van der Waals surface area contributed by atoms with Crippen molar-refractivity contribution in [2.75, 3.05) is 26.3 Å². The molecule has 0 unspecified atom stereocenters. The molecule has 0 aliphatic carbocycles. The molecule has 2 heterocycles. The first-order chi connectivity index (χ1) is 16.3. The summed E-state index contributed by atoms with van der Waals surface area (Å²) in [5.41, 5.74) is 0.0152. The van der Waals surface area contributed by atoms with Crippen molar-refractivity contribution < 1.29 is 33.3 Å². The van der Waals surface area contributed by atoms with Gasteiger partial charge in [-0.3, -0.25) is 4.79 Å². The minimum Gasteiger partial charge on any atom is -0.507 e. The number of methoxy groups -OCH3 is 2. The Labute approximate surface area is 199 Å². The molecular formula is C24H22ClNO8. The van der Waals surface area contributed by atoms with E-state index in [0.29, 0.717) is 27.8 Å². The van der Waals surface area contributed by atoms with Gasteiger partial charge in [-0.25, -0.2) is 4.79 Å². The summed E-state index contributed by atoms with van der Waals surface area (Å²) >= 11 is 5.92. The average molecular weight is 488 g/mol. The predicted octanol–water partition coefficient (Wildman–Crippen LogP) is 4.21. The van der Waals surface area contributed by atoms with Crippen molar-refractivity contribution >= 4 is 23.2 Å². The van der Waals surface area contributed by atoms with Crippen LogP contribution in [0, 0.1) is 6.92 Å². The summed E-state index contributed by atoms with van der Waals surface area (Å²) in [7, 11) is 2.88. The lowest BCUT2D eigenvalue weighted by Crippen LogP contribution is -2.21. The molecule has 1 aromatic heterocycles. The Kier molecular flexibility index (Phi) is 6.56. The number of carbonyl (C=O) groups excluding carboxylic acids is 1. The molecule has 1 atom stereocenters. The highest BCUT2D eigenvalue weighted by Crippen LogP contribution is 2.52. The van der Waals surface area contributed by atoms with Gasteiger partial charge in [0, 0.05) is 34.7 Å². The molecule has 0 bridgehead atoms. The molecule has 0 fully saturated rings. The molecule has 2 N–H and O–H groups in total. The lowest BCUT2D eigenvalue weighted by molar-refractivity contribution is -0.116. The van der Waals surface area contributed by atoms with Gasteiger partial charge >= 0.3 is 5.63 Å². The highest BCUT2D eigenvalue weighted by Gasteiger charge is 2.34. The van der Waals surface area contributed by atoms with Crippen molar-refractivity contribution in [3.63, 3.8) is 0 Å². The number of carbonyl (C=O) groups is 1. The number of rotatable bonds is 7. The van der Waals surface area contributed by atoms with Crippen LogP contribution in [0.15, 0.2) is 45.6 Å². The smallest absolute Gasteiger partial charge is 0.343 e. The number of aromatic hydroxyl groups is 1. The number of hydrogen-bond donors (Lipinski definition) is 2. The maximum Gasteiger partial charge on any atom is 0.343 e. The van der Waals surface area contributed by atoms with Gasteiger partial charge in [-0.2, -0.15) is 0 Å². The number of anilines is 1. The van der Waals surface area contributed by atoms with Crippen LogP contribution in [0.3, 0.4) is 0 Å². The molecule has 0 spiro atoms. The molecule has 3 aromatic rings. The Morgan fingerprint density at radius 3 is 2.50 bits per heavy atom. The third-order valence-corrected chi connectivity index (χ3v) is 5.60. The van der Waals surface area contributed by atoms with Crippen LogP contribution in [0.5, 0.6) is 28.7 Å². The van der Waals surface area contributed by atoms with Crippen LogP contribution in [0.4, 0.5) is 5.69 Å². The largest absolute Gasteiger partial charge is 0.507 e. The van der Waals surface area contributed by atoms with E-state index < -0.39 is 17.5 Å². The van der Waals surface area contributed by atoms with E-state index >= 15 is 0 Å². The Morgan fingerprint density at radius 2 is 1.85 bits per heavy atom. The van der Waals surface area contributed by atoms with E-state index in [1.54, 1.807) is 30.3 Å². The van der Waals surface area contributed by atoms with Gasteiger partial charge in [-0.05, 0) is 37.3 Å². The zero-order chi connectivity index (χ0) is 24.4. The van der Waals surface area contributed by atoms with Crippen LogP contribution in [0.1, 0.15) is 29.2 Å². The van der Waals surface area contributed by atoms with Crippen LogP contribution in [-0.4, -0.2) is 32.0 Å². The van der Waals surface area contributed by atoms with Crippen molar-refractivity contribution in [1.82, 2.24) is 0 Å². The number of aryl methyl sites for hydroxylation is 1. The zero-order valence-corrected chi connectivity index (χ0v) is 19.4. The van der Waals surface area contributed by atoms with Crippen molar-refractivity contribution in [3.05, 3.63) is 68.7 Å². The van der Waals surface area contributed by atoms with Crippen LogP contribution < -0.4 is 29.9 Å². The second-order valence-electron chi connectivity index (χ2n) is 7.52. The molecule has 34 heavy (non-hydrogen) atoms. The third kappa shape index (κ3) is 4.47. The first kappa shape index (κ1) is 23.3. The minimum absolute atomic E-state index is 0.0504. The summed E-state index contributed by atoms with van der Waals surface area (Å²) in [6.45, 7) is 1.49. The fourth-order valence-corrected chi connectivity index (χ4v) is 4.00. The molecule has 9 nitrogen and oxygen atoms in total. The van der Waals surface area contributed by atoms with Crippen LogP contribution in [0.25, 0.3) is 0 Å². The molecule has 0 saturated heterocycles. The van der Waals surface area contributed by atoms with Crippen LogP contribution >= 0.6 is 11.6 Å². The Morgan fingerprint density at radius 1 is 1.15 bits per heavy atom. The van der Waals surface area contributed by atoms with E-state index in [4.69, 9.17) is 35.0 Å². The summed E-state index contributed by atoms with van der Waals surface area (Å²) in [6.07, 6.45) is -0.233. The second-order valence-corrected chi connectivity index (χ2v) is 7.96. The molecule has 0 saturated carbocycles. The van der Waals surface area contributed by atoms with Crippen LogP contribution in [-0.2, 0) is 4.79 Å². The molecule has 178 valence electrons. The standard InChI is InChI=1S/C24H22ClNO8/c1-12-8-17(27)20(24(29)34-12)15(10-19(28)26-14-6-4-13(25)5-7-14)16-9-18(30-2)22-23(21(16)31-3)33-11-32-22/h4-9,15,27H,10-11H2,1-3H3,(H,26,28)/t15-/m1/s1. The highest BCUT2D eigenvalue weighted by atomic mass is 35.5. The van der Waals surface area contributed by atoms with E-state index in [2.05, 4.69) is 5.32 Å². The van der Waals surface area contributed by atoms with E-state index in [0.717, 1.165) is 0 Å². The highest BCUT2D eigenvalue weighted by molar-refractivity contribution is 6.30. The fourth-order valence-electron chi connectivity index (χ4n) is 3.88. The summed E-state index contributed by atoms with van der Waals surface area (Å²) < 4.78 is 27.3.